The Morgan fingerprint density at radius 2 is 1.09 bits per heavy atom. The predicted molar refractivity (Wildman–Crippen MR) is 124 cm³/mol. The monoisotopic (exact) mass is 458 g/mol. The van der Waals surface area contributed by atoms with Crippen molar-refractivity contribution < 1.29 is 29.4 Å². The number of rotatable bonds is 6. The molecule has 1 fully saturated rings. The van der Waals surface area contributed by atoms with Crippen molar-refractivity contribution in [2.24, 2.45) is 23.7 Å². The molecule has 2 aromatic rings. The number of aliphatic carboxylic acids is 2. The molecule has 0 aromatic heterocycles. The summed E-state index contributed by atoms with van der Waals surface area (Å²) in [4.78, 5) is 49.9. The highest BCUT2D eigenvalue weighted by molar-refractivity contribution is 5.99. The summed E-state index contributed by atoms with van der Waals surface area (Å²) in [5.41, 5.74) is 1.77. The number of carboxylic acids is 2. The Morgan fingerprint density at radius 1 is 0.706 bits per heavy atom. The first-order valence-corrected chi connectivity index (χ1v) is 10.4. The lowest BCUT2D eigenvalue weighted by molar-refractivity contribution is -0.158. The molecule has 8 heteroatoms. The van der Waals surface area contributed by atoms with E-state index >= 15 is 0 Å². The van der Waals surface area contributed by atoms with E-state index in [2.05, 4.69) is 22.5 Å². The first-order valence-electron chi connectivity index (χ1n) is 10.4. The van der Waals surface area contributed by atoms with Gasteiger partial charge in [-0.3, -0.25) is 19.2 Å². The first kappa shape index (κ1) is 24.1. The SMILES string of the molecule is C#Cc1cccc(NC(=O)C2CC(C(=O)O)C(C(=O)Nc3cccc(C#C)c3)CC2C(=O)O)c1. The van der Waals surface area contributed by atoms with Crippen LogP contribution in [0.3, 0.4) is 0 Å². The van der Waals surface area contributed by atoms with Gasteiger partial charge in [0.25, 0.3) is 0 Å². The summed E-state index contributed by atoms with van der Waals surface area (Å²) in [6, 6.07) is 12.9. The molecule has 4 N–H and O–H groups in total. The molecule has 8 nitrogen and oxygen atoms in total. The number of amides is 2. The van der Waals surface area contributed by atoms with Crippen molar-refractivity contribution in [1.82, 2.24) is 0 Å². The van der Waals surface area contributed by atoms with Crippen molar-refractivity contribution in [3.63, 3.8) is 0 Å². The number of carboxylic acid groups (broad SMARTS) is 2. The molecule has 0 spiro atoms. The number of carbonyl (C=O) groups is 4. The van der Waals surface area contributed by atoms with Crippen molar-refractivity contribution in [2.75, 3.05) is 10.6 Å². The van der Waals surface area contributed by atoms with Crippen LogP contribution in [-0.4, -0.2) is 34.0 Å². The van der Waals surface area contributed by atoms with Gasteiger partial charge in [-0.15, -0.1) is 12.8 Å². The Kier molecular flexibility index (Phi) is 7.35. The summed E-state index contributed by atoms with van der Waals surface area (Å²) in [6.07, 6.45) is 10.1. The van der Waals surface area contributed by atoms with Crippen LogP contribution in [0.4, 0.5) is 11.4 Å². The minimum Gasteiger partial charge on any atom is -0.481 e. The number of carbonyl (C=O) groups excluding carboxylic acids is 2. The molecule has 0 bridgehead atoms. The molecule has 0 aliphatic heterocycles. The van der Waals surface area contributed by atoms with E-state index in [1.54, 1.807) is 48.5 Å². The van der Waals surface area contributed by atoms with Gasteiger partial charge in [-0.25, -0.2) is 0 Å². The number of hydrogen-bond acceptors (Lipinski definition) is 4. The average molecular weight is 458 g/mol. The minimum absolute atomic E-state index is 0.310. The Hall–Kier alpha value is -4.56. The fourth-order valence-electron chi connectivity index (χ4n) is 4.17. The smallest absolute Gasteiger partial charge is 0.307 e. The first-order chi connectivity index (χ1) is 16.2. The summed E-state index contributed by atoms with van der Waals surface area (Å²) in [5.74, 6) is -3.79. The predicted octanol–water partition coefficient (Wildman–Crippen LogP) is 2.65. The van der Waals surface area contributed by atoms with Crippen LogP contribution in [0.25, 0.3) is 0 Å². The van der Waals surface area contributed by atoms with Gasteiger partial charge in [-0.1, -0.05) is 24.0 Å². The van der Waals surface area contributed by atoms with Gasteiger partial charge in [0, 0.05) is 22.5 Å². The zero-order chi connectivity index (χ0) is 24.8. The topological polar surface area (TPSA) is 133 Å². The summed E-state index contributed by atoms with van der Waals surface area (Å²) in [5, 5.41) is 24.8. The lowest BCUT2D eigenvalue weighted by Gasteiger charge is -2.36. The molecule has 3 rings (SSSR count). The number of anilines is 2. The largest absolute Gasteiger partial charge is 0.481 e. The number of nitrogens with one attached hydrogen (secondary N) is 2. The van der Waals surface area contributed by atoms with Crippen LogP contribution in [0.15, 0.2) is 48.5 Å². The fraction of sp³-hybridized carbons (Fsp3) is 0.231. The molecule has 1 aliphatic rings. The van der Waals surface area contributed by atoms with Crippen LogP contribution in [0.5, 0.6) is 0 Å². The molecule has 1 aliphatic carbocycles. The molecule has 4 atom stereocenters. The maximum Gasteiger partial charge on any atom is 0.307 e. The van der Waals surface area contributed by atoms with E-state index in [0.29, 0.717) is 22.5 Å². The quantitative estimate of drug-likeness (QED) is 0.492. The fourth-order valence-corrected chi connectivity index (χ4v) is 4.17. The van der Waals surface area contributed by atoms with E-state index in [1.807, 2.05) is 0 Å². The molecule has 0 saturated heterocycles. The normalized spacial score (nSPS) is 21.4. The minimum atomic E-state index is -1.28. The summed E-state index contributed by atoms with van der Waals surface area (Å²) < 4.78 is 0. The molecular weight excluding hydrogens is 436 g/mol. The molecule has 0 heterocycles. The van der Waals surface area contributed by atoms with Gasteiger partial charge in [-0.05, 0) is 49.2 Å². The highest BCUT2D eigenvalue weighted by Gasteiger charge is 2.49. The van der Waals surface area contributed by atoms with Crippen LogP contribution in [-0.2, 0) is 19.2 Å². The van der Waals surface area contributed by atoms with Gasteiger partial charge in [-0.2, -0.15) is 0 Å². The van der Waals surface area contributed by atoms with Crippen molar-refractivity contribution >= 4 is 35.1 Å². The van der Waals surface area contributed by atoms with Crippen LogP contribution in [0.2, 0.25) is 0 Å². The standard InChI is InChI=1S/C26H22N2O6/c1-3-15-7-5-9-17(11-15)27-23(29)19-13-22(26(33)34)20(14-21(19)25(31)32)24(30)28-18-10-6-8-16(4-2)12-18/h1-2,5-12,19-22H,13-14H2,(H,27,29)(H,28,30)(H,31,32)(H,33,34). The maximum atomic E-state index is 12.9. The molecule has 2 amide bonds. The Morgan fingerprint density at radius 3 is 1.41 bits per heavy atom. The second-order valence-corrected chi connectivity index (χ2v) is 8.00. The highest BCUT2D eigenvalue weighted by atomic mass is 16.4. The van der Waals surface area contributed by atoms with E-state index in [9.17, 15) is 29.4 Å². The number of terminal acetylenes is 2. The molecule has 0 radical (unpaired) electrons. The third-order valence-corrected chi connectivity index (χ3v) is 5.89. The van der Waals surface area contributed by atoms with Gasteiger partial charge >= 0.3 is 11.9 Å². The molecule has 2 aromatic carbocycles. The van der Waals surface area contributed by atoms with E-state index < -0.39 is 47.4 Å². The zero-order valence-electron chi connectivity index (χ0n) is 18.0. The number of hydrogen-bond donors (Lipinski definition) is 4. The lowest BCUT2D eigenvalue weighted by atomic mass is 9.67. The van der Waals surface area contributed by atoms with E-state index in [4.69, 9.17) is 12.8 Å². The van der Waals surface area contributed by atoms with Gasteiger partial charge < -0.3 is 20.8 Å². The Balaban J connectivity index is 1.83. The van der Waals surface area contributed by atoms with Gasteiger partial charge in [0.2, 0.25) is 11.8 Å². The van der Waals surface area contributed by atoms with E-state index in [1.165, 1.54) is 0 Å². The summed E-state index contributed by atoms with van der Waals surface area (Å²) in [7, 11) is 0. The van der Waals surface area contributed by atoms with Crippen LogP contribution in [0.1, 0.15) is 24.0 Å². The van der Waals surface area contributed by atoms with Crippen molar-refractivity contribution in [2.45, 2.75) is 12.8 Å². The Labute approximate surface area is 196 Å². The molecule has 4 unspecified atom stereocenters. The third kappa shape index (κ3) is 5.43. The Bertz CT molecular complexity index is 1130. The lowest BCUT2D eigenvalue weighted by Crippen LogP contribution is -2.47. The summed E-state index contributed by atoms with van der Waals surface area (Å²) >= 11 is 0. The van der Waals surface area contributed by atoms with Crippen molar-refractivity contribution in [1.29, 1.82) is 0 Å². The van der Waals surface area contributed by atoms with Gasteiger partial charge in [0.05, 0.1) is 23.7 Å². The summed E-state index contributed by atoms with van der Waals surface area (Å²) in [6.45, 7) is 0. The van der Waals surface area contributed by atoms with Gasteiger partial charge in [0.15, 0.2) is 0 Å². The van der Waals surface area contributed by atoms with Gasteiger partial charge in [0.1, 0.15) is 0 Å². The molecular formula is C26H22N2O6. The van der Waals surface area contributed by atoms with E-state index in [-0.39, 0.29) is 12.8 Å². The molecule has 172 valence electrons. The zero-order valence-corrected chi connectivity index (χ0v) is 18.0. The average Bonchev–Trinajstić information content (AvgIpc) is 2.83. The molecule has 1 saturated carbocycles. The maximum absolute atomic E-state index is 12.9. The van der Waals surface area contributed by atoms with Crippen LogP contribution in [0, 0.1) is 48.4 Å². The van der Waals surface area contributed by atoms with Crippen molar-refractivity contribution in [3.05, 3.63) is 59.7 Å². The van der Waals surface area contributed by atoms with E-state index in [0.717, 1.165) is 0 Å². The second kappa shape index (κ2) is 10.4. The van der Waals surface area contributed by atoms with Crippen molar-refractivity contribution in [3.8, 4) is 24.7 Å². The molecule has 34 heavy (non-hydrogen) atoms. The van der Waals surface area contributed by atoms with Crippen LogP contribution >= 0.6 is 0 Å². The highest BCUT2D eigenvalue weighted by Crippen LogP contribution is 2.40. The number of benzene rings is 2. The second-order valence-electron chi connectivity index (χ2n) is 8.00. The van der Waals surface area contributed by atoms with Crippen LogP contribution < -0.4 is 10.6 Å². The third-order valence-electron chi connectivity index (χ3n) is 5.89.